The first kappa shape index (κ1) is 28.2. The van der Waals surface area contributed by atoms with Crippen LogP contribution < -0.4 is 15.4 Å². The van der Waals surface area contributed by atoms with Crippen LogP contribution >= 0.6 is 11.6 Å². The fraction of sp³-hybridized carbons (Fsp3) is 0.333. The fourth-order valence-corrected chi connectivity index (χ4v) is 4.04. The zero-order chi connectivity index (χ0) is 27.9. The first-order valence-electron chi connectivity index (χ1n) is 12.4. The van der Waals surface area contributed by atoms with E-state index in [9.17, 15) is 19.1 Å². The molecule has 1 saturated carbocycles. The lowest BCUT2D eigenvalue weighted by atomic mass is 10.1. The zero-order valence-electron chi connectivity index (χ0n) is 21.2. The largest absolute Gasteiger partial charge is 0.491 e. The molecule has 1 aromatic heterocycles. The number of carbonyl (C=O) groups excluding carboxylic acids is 1. The number of hydrogen-bond donors (Lipinski definition) is 4. The van der Waals surface area contributed by atoms with Gasteiger partial charge in [0.25, 0.3) is 0 Å². The summed E-state index contributed by atoms with van der Waals surface area (Å²) in [5, 5.41) is 25.2. The van der Waals surface area contributed by atoms with Gasteiger partial charge in [0.05, 0.1) is 35.5 Å². The summed E-state index contributed by atoms with van der Waals surface area (Å²) in [6, 6.07) is 7.63. The predicted molar refractivity (Wildman–Crippen MR) is 146 cm³/mol. The Kier molecular flexibility index (Phi) is 9.28. The molecule has 10 nitrogen and oxygen atoms in total. The van der Waals surface area contributed by atoms with Crippen molar-refractivity contribution in [3.63, 3.8) is 0 Å². The van der Waals surface area contributed by atoms with Gasteiger partial charge in [-0.2, -0.15) is 0 Å². The van der Waals surface area contributed by atoms with Gasteiger partial charge >= 0.3 is 5.97 Å². The Labute approximate surface area is 229 Å². The van der Waals surface area contributed by atoms with Gasteiger partial charge in [0.2, 0.25) is 5.91 Å². The second kappa shape index (κ2) is 12.8. The number of amides is 1. The number of benzene rings is 2. The topological polar surface area (TPSA) is 137 Å². The third kappa shape index (κ3) is 8.34. The molecular formula is C27H29ClFN5O5. The van der Waals surface area contributed by atoms with Gasteiger partial charge in [-0.05, 0) is 49.9 Å². The highest BCUT2D eigenvalue weighted by atomic mass is 35.5. The average molecular weight is 558 g/mol. The van der Waals surface area contributed by atoms with E-state index < -0.39 is 23.8 Å². The van der Waals surface area contributed by atoms with Crippen LogP contribution in [0.1, 0.15) is 19.8 Å². The minimum atomic E-state index is -1.03. The molecule has 4 rings (SSSR count). The number of aliphatic hydroxyl groups excluding tert-OH is 1. The summed E-state index contributed by atoms with van der Waals surface area (Å²) in [6.07, 6.45) is 5.68. The minimum Gasteiger partial charge on any atom is -0.491 e. The van der Waals surface area contributed by atoms with Gasteiger partial charge in [0.1, 0.15) is 23.7 Å². The van der Waals surface area contributed by atoms with Crippen molar-refractivity contribution < 1.29 is 28.9 Å². The Morgan fingerprint density at radius 3 is 2.77 bits per heavy atom. The normalized spacial score (nSPS) is 14.1. The third-order valence-corrected chi connectivity index (χ3v) is 6.15. The summed E-state index contributed by atoms with van der Waals surface area (Å²) >= 11 is 5.91. The summed E-state index contributed by atoms with van der Waals surface area (Å²) in [5.41, 5.74) is 1.49. The van der Waals surface area contributed by atoms with Crippen molar-refractivity contribution in [3.05, 3.63) is 59.7 Å². The van der Waals surface area contributed by atoms with Crippen molar-refractivity contribution >= 4 is 51.6 Å². The molecule has 1 amide bonds. The third-order valence-electron chi connectivity index (χ3n) is 5.86. The Balaban J connectivity index is 1.56. The number of aliphatic carboxylic acids is 1. The number of carboxylic acid groups (broad SMARTS) is 1. The smallest absolute Gasteiger partial charge is 0.317 e. The first-order chi connectivity index (χ1) is 18.7. The van der Waals surface area contributed by atoms with Crippen molar-refractivity contribution in [2.24, 2.45) is 5.92 Å². The number of anilines is 3. The predicted octanol–water partition coefficient (Wildman–Crippen LogP) is 4.22. The molecule has 4 N–H and O–H groups in total. The lowest BCUT2D eigenvalue weighted by Crippen LogP contribution is -2.35. The highest BCUT2D eigenvalue weighted by molar-refractivity contribution is 6.31. The van der Waals surface area contributed by atoms with Crippen LogP contribution in [0.5, 0.6) is 5.75 Å². The van der Waals surface area contributed by atoms with E-state index in [0.29, 0.717) is 46.4 Å². The van der Waals surface area contributed by atoms with Crippen molar-refractivity contribution in [3.8, 4) is 5.75 Å². The van der Waals surface area contributed by atoms with Crippen LogP contribution in [0.25, 0.3) is 10.9 Å². The first-order valence-corrected chi connectivity index (χ1v) is 12.8. The van der Waals surface area contributed by atoms with Crippen LogP contribution in [0.4, 0.5) is 21.6 Å². The van der Waals surface area contributed by atoms with E-state index >= 15 is 0 Å². The van der Waals surface area contributed by atoms with Crippen LogP contribution in [-0.4, -0.2) is 69.3 Å². The molecule has 0 unspecified atom stereocenters. The van der Waals surface area contributed by atoms with Gasteiger partial charge in [-0.15, -0.1) is 0 Å². The minimum absolute atomic E-state index is 0.0378. The highest BCUT2D eigenvalue weighted by Crippen LogP contribution is 2.36. The Hall–Kier alpha value is -3.80. The summed E-state index contributed by atoms with van der Waals surface area (Å²) in [6.45, 7) is 2.12. The summed E-state index contributed by atoms with van der Waals surface area (Å²) in [7, 11) is 0. The zero-order valence-corrected chi connectivity index (χ0v) is 22.0. The van der Waals surface area contributed by atoms with Gasteiger partial charge in [0.15, 0.2) is 0 Å². The van der Waals surface area contributed by atoms with Crippen molar-refractivity contribution in [1.29, 1.82) is 0 Å². The number of nitrogens with zero attached hydrogens (tertiary/aromatic N) is 3. The molecule has 0 spiro atoms. The molecule has 1 aliphatic carbocycles. The molecule has 1 fully saturated rings. The van der Waals surface area contributed by atoms with Crippen LogP contribution in [0.3, 0.4) is 0 Å². The maximum atomic E-state index is 13.6. The SMILES string of the molecule is C[C@@H](O)CN(CC=CC(=O)Nc1cc2c(Nc3ccc(F)c(Cl)c3)ncnc2cc1OCC1CC1)CC(=O)O. The summed E-state index contributed by atoms with van der Waals surface area (Å²) in [5.74, 6) is -0.672. The molecular weight excluding hydrogens is 529 g/mol. The molecule has 1 aliphatic rings. The van der Waals surface area contributed by atoms with Gasteiger partial charge in [-0.1, -0.05) is 17.7 Å². The monoisotopic (exact) mass is 557 g/mol. The number of aliphatic hydroxyl groups is 1. The number of halogens is 2. The Bertz CT molecular complexity index is 1380. The molecule has 0 bridgehead atoms. The lowest BCUT2D eigenvalue weighted by molar-refractivity contribution is -0.138. The second-order valence-corrected chi connectivity index (χ2v) is 9.83. The van der Waals surface area contributed by atoms with Gasteiger partial charge in [0, 0.05) is 36.3 Å². The molecule has 3 aromatic rings. The van der Waals surface area contributed by atoms with Crippen molar-refractivity contribution in [1.82, 2.24) is 14.9 Å². The van der Waals surface area contributed by atoms with E-state index in [1.807, 2.05) is 0 Å². The van der Waals surface area contributed by atoms with Crippen molar-refractivity contribution in [2.75, 3.05) is 36.9 Å². The quantitative estimate of drug-likeness (QED) is 0.228. The molecule has 206 valence electrons. The summed E-state index contributed by atoms with van der Waals surface area (Å²) in [4.78, 5) is 34.0. The Morgan fingerprint density at radius 2 is 2.08 bits per heavy atom. The van der Waals surface area contributed by atoms with Crippen LogP contribution in [0, 0.1) is 11.7 Å². The lowest BCUT2D eigenvalue weighted by Gasteiger charge is -2.19. The number of carbonyl (C=O) groups is 2. The van der Waals surface area contributed by atoms with E-state index in [0.717, 1.165) is 12.8 Å². The number of aromatic nitrogens is 2. The number of hydrogen-bond acceptors (Lipinski definition) is 8. The van der Waals surface area contributed by atoms with Crippen LogP contribution in [0.2, 0.25) is 5.02 Å². The maximum absolute atomic E-state index is 13.6. The molecule has 2 aromatic carbocycles. The van der Waals surface area contributed by atoms with Gasteiger partial charge in [-0.3, -0.25) is 14.5 Å². The Morgan fingerprint density at radius 1 is 1.28 bits per heavy atom. The van der Waals surface area contributed by atoms with Gasteiger partial charge in [-0.25, -0.2) is 14.4 Å². The van der Waals surface area contributed by atoms with Gasteiger partial charge < -0.3 is 25.6 Å². The molecule has 1 heterocycles. The average Bonchev–Trinajstić information content (AvgIpc) is 3.69. The molecule has 0 saturated heterocycles. The highest BCUT2D eigenvalue weighted by Gasteiger charge is 2.23. The number of ether oxygens (including phenoxy) is 1. The maximum Gasteiger partial charge on any atom is 0.317 e. The van der Waals surface area contributed by atoms with Crippen LogP contribution in [-0.2, 0) is 9.59 Å². The van der Waals surface area contributed by atoms with E-state index in [2.05, 4.69) is 20.6 Å². The van der Waals surface area contributed by atoms with Crippen LogP contribution in [0.15, 0.2) is 48.8 Å². The van der Waals surface area contributed by atoms with E-state index in [-0.39, 0.29) is 24.7 Å². The number of rotatable bonds is 13. The number of nitrogens with one attached hydrogen (secondary N) is 2. The standard InChI is InChI=1S/C27H29ClFN5O5/c1-16(35)12-34(13-26(37)38)8-2-3-25(36)33-23-10-19-22(11-24(23)39-14-17-4-5-17)30-15-31-27(19)32-18-6-7-21(29)20(28)9-18/h2-3,6-7,9-11,15-17,35H,4-5,8,12-14H2,1H3,(H,33,36)(H,37,38)(H,30,31,32)/t16-/m1/s1. The molecule has 0 radical (unpaired) electrons. The van der Waals surface area contributed by atoms with E-state index in [4.69, 9.17) is 21.4 Å². The molecule has 1 atom stereocenters. The number of fused-ring (bicyclic) bond motifs is 1. The number of carboxylic acids is 1. The summed E-state index contributed by atoms with van der Waals surface area (Å²) < 4.78 is 19.6. The second-order valence-electron chi connectivity index (χ2n) is 9.42. The van der Waals surface area contributed by atoms with Crippen molar-refractivity contribution in [2.45, 2.75) is 25.9 Å². The molecule has 0 aliphatic heterocycles. The molecule has 39 heavy (non-hydrogen) atoms. The van der Waals surface area contributed by atoms with E-state index in [1.165, 1.54) is 41.6 Å². The fourth-order valence-electron chi connectivity index (χ4n) is 3.86. The molecule has 12 heteroatoms. The van der Waals surface area contributed by atoms with E-state index in [1.54, 1.807) is 19.1 Å².